The molecule has 1 saturated carbocycles. The summed E-state index contributed by atoms with van der Waals surface area (Å²) in [5.41, 5.74) is 5.22. The van der Waals surface area contributed by atoms with Gasteiger partial charge in [-0.15, -0.1) is 0 Å². The second-order valence-electron chi connectivity index (χ2n) is 5.66. The first-order chi connectivity index (χ1) is 8.54. The Labute approximate surface area is 119 Å². The summed E-state index contributed by atoms with van der Waals surface area (Å²) < 4.78 is 0. The Bertz CT molecular complexity index is 334. The molecule has 2 fully saturated rings. The van der Waals surface area contributed by atoms with Crippen molar-refractivity contribution in [1.29, 1.82) is 0 Å². The molecular formula is C13H22N2OS2. The van der Waals surface area contributed by atoms with Gasteiger partial charge in [-0.1, -0.05) is 25.6 Å². The Morgan fingerprint density at radius 1 is 1.50 bits per heavy atom. The number of carbonyl (C=O) groups excluding carboxylic acids is 1. The molecule has 0 spiro atoms. The first-order valence-electron chi connectivity index (χ1n) is 6.74. The van der Waals surface area contributed by atoms with E-state index in [9.17, 15) is 4.79 Å². The Hall–Kier alpha value is -0.290. The number of thiocarbonyl (C=S) groups is 1. The second kappa shape index (κ2) is 5.78. The van der Waals surface area contributed by atoms with Crippen LogP contribution < -0.4 is 11.1 Å². The molecule has 3 N–H and O–H groups in total. The van der Waals surface area contributed by atoms with Crippen molar-refractivity contribution in [2.24, 2.45) is 17.1 Å². The summed E-state index contributed by atoms with van der Waals surface area (Å²) in [4.78, 5) is 12.7. The highest BCUT2D eigenvalue weighted by molar-refractivity contribution is 7.99. The number of thioether (sulfide) groups is 1. The van der Waals surface area contributed by atoms with Crippen LogP contribution in [0.15, 0.2) is 0 Å². The molecule has 1 aliphatic carbocycles. The second-order valence-corrected chi connectivity index (χ2v) is 7.51. The molecule has 1 unspecified atom stereocenters. The maximum atomic E-state index is 12.3. The van der Waals surface area contributed by atoms with Crippen LogP contribution in [-0.2, 0) is 4.79 Å². The summed E-state index contributed by atoms with van der Waals surface area (Å²) in [6.07, 6.45) is 5.42. The van der Waals surface area contributed by atoms with Crippen LogP contribution in [-0.4, -0.2) is 28.4 Å². The largest absolute Gasteiger partial charge is 0.392 e. The minimum Gasteiger partial charge on any atom is -0.392 e. The summed E-state index contributed by atoms with van der Waals surface area (Å²) in [6, 6.07) is 0. The predicted octanol–water partition coefficient (Wildman–Crippen LogP) is 2.09. The fourth-order valence-electron chi connectivity index (χ4n) is 2.97. The zero-order valence-corrected chi connectivity index (χ0v) is 12.5. The van der Waals surface area contributed by atoms with Gasteiger partial charge < -0.3 is 11.1 Å². The Kier molecular flexibility index (Phi) is 4.54. The van der Waals surface area contributed by atoms with Crippen molar-refractivity contribution >= 4 is 34.9 Å². The molecule has 1 heterocycles. The lowest BCUT2D eigenvalue weighted by molar-refractivity contribution is -0.132. The molecule has 5 heteroatoms. The lowest BCUT2D eigenvalue weighted by Crippen LogP contribution is -2.56. The molecule has 2 aliphatic rings. The number of hydrogen-bond donors (Lipinski definition) is 2. The molecule has 102 valence electrons. The maximum absolute atomic E-state index is 12.3. The molecule has 2 rings (SSSR count). The molecule has 1 atom stereocenters. The number of nitrogens with two attached hydrogens (primary N) is 1. The third-order valence-electron chi connectivity index (χ3n) is 4.06. The van der Waals surface area contributed by atoms with Crippen molar-refractivity contribution < 1.29 is 4.79 Å². The van der Waals surface area contributed by atoms with Gasteiger partial charge in [0.1, 0.15) is 0 Å². The zero-order chi connectivity index (χ0) is 13.2. The van der Waals surface area contributed by atoms with Gasteiger partial charge in [-0.2, -0.15) is 11.8 Å². The quantitative estimate of drug-likeness (QED) is 0.777. The van der Waals surface area contributed by atoms with E-state index in [4.69, 9.17) is 18.0 Å². The smallest absolute Gasteiger partial charge is 0.233 e. The average Bonchev–Trinajstić information content (AvgIpc) is 2.32. The van der Waals surface area contributed by atoms with Crippen molar-refractivity contribution in [2.45, 2.75) is 44.3 Å². The number of amides is 1. The predicted molar refractivity (Wildman–Crippen MR) is 80.7 cm³/mol. The van der Waals surface area contributed by atoms with Gasteiger partial charge in [0.15, 0.2) is 0 Å². The first-order valence-corrected chi connectivity index (χ1v) is 8.20. The van der Waals surface area contributed by atoms with Crippen molar-refractivity contribution in [3.05, 3.63) is 0 Å². The Morgan fingerprint density at radius 2 is 2.22 bits per heavy atom. The summed E-state index contributed by atoms with van der Waals surface area (Å²) in [5, 5.41) is 3.64. The number of rotatable bonds is 4. The van der Waals surface area contributed by atoms with Gasteiger partial charge in [0.2, 0.25) is 5.91 Å². The molecule has 1 amide bonds. The van der Waals surface area contributed by atoms with Crippen molar-refractivity contribution in [2.75, 3.05) is 12.3 Å². The monoisotopic (exact) mass is 286 g/mol. The van der Waals surface area contributed by atoms with E-state index in [0.717, 1.165) is 19.4 Å². The van der Waals surface area contributed by atoms with E-state index in [1.807, 2.05) is 11.8 Å². The fraction of sp³-hybridized carbons (Fsp3) is 0.846. The lowest BCUT2D eigenvalue weighted by atomic mass is 9.62. The van der Waals surface area contributed by atoms with Gasteiger partial charge in [-0.25, -0.2) is 0 Å². The fourth-order valence-corrected chi connectivity index (χ4v) is 4.47. The van der Waals surface area contributed by atoms with E-state index in [-0.39, 0.29) is 5.91 Å². The number of hydrogen-bond acceptors (Lipinski definition) is 3. The highest BCUT2D eigenvalue weighted by atomic mass is 32.2. The highest BCUT2D eigenvalue weighted by Gasteiger charge is 2.50. The highest BCUT2D eigenvalue weighted by Crippen LogP contribution is 2.46. The SMILES string of the molecule is CC1CC(C(=O)NCC2CCCCS2)(C(N)=S)C1. The number of carbonyl (C=O) groups is 1. The zero-order valence-electron chi connectivity index (χ0n) is 10.9. The molecule has 0 aromatic carbocycles. The van der Waals surface area contributed by atoms with Crippen molar-refractivity contribution in [1.82, 2.24) is 5.32 Å². The normalized spacial score (nSPS) is 35.6. The summed E-state index contributed by atoms with van der Waals surface area (Å²) in [7, 11) is 0. The van der Waals surface area contributed by atoms with E-state index in [0.29, 0.717) is 16.2 Å². The molecule has 0 bridgehead atoms. The van der Waals surface area contributed by atoms with Crippen LogP contribution in [0.3, 0.4) is 0 Å². The van der Waals surface area contributed by atoms with Crippen LogP contribution in [0.2, 0.25) is 0 Å². The summed E-state index contributed by atoms with van der Waals surface area (Å²) in [6.45, 7) is 2.91. The molecule has 3 nitrogen and oxygen atoms in total. The van der Waals surface area contributed by atoms with E-state index < -0.39 is 5.41 Å². The van der Waals surface area contributed by atoms with Gasteiger partial charge in [-0.3, -0.25) is 4.79 Å². The third-order valence-corrected chi connectivity index (χ3v) is 5.85. The summed E-state index contributed by atoms with van der Waals surface area (Å²) >= 11 is 7.06. The minimum absolute atomic E-state index is 0.0549. The molecule has 0 aromatic rings. The van der Waals surface area contributed by atoms with Crippen molar-refractivity contribution in [3.63, 3.8) is 0 Å². The van der Waals surface area contributed by atoms with E-state index in [1.54, 1.807) is 0 Å². The maximum Gasteiger partial charge on any atom is 0.233 e. The van der Waals surface area contributed by atoms with Gasteiger partial charge in [0.25, 0.3) is 0 Å². The molecule has 18 heavy (non-hydrogen) atoms. The third kappa shape index (κ3) is 2.82. The Balaban J connectivity index is 1.84. The molecule has 1 saturated heterocycles. The van der Waals surface area contributed by atoms with Crippen LogP contribution in [0.4, 0.5) is 0 Å². The topological polar surface area (TPSA) is 55.1 Å². The molecule has 1 aliphatic heterocycles. The van der Waals surface area contributed by atoms with E-state index in [2.05, 4.69) is 12.2 Å². The minimum atomic E-state index is -0.548. The van der Waals surface area contributed by atoms with Crippen LogP contribution >= 0.6 is 24.0 Å². The van der Waals surface area contributed by atoms with Gasteiger partial charge >= 0.3 is 0 Å². The van der Waals surface area contributed by atoms with Crippen LogP contribution in [0, 0.1) is 11.3 Å². The number of nitrogens with one attached hydrogen (secondary N) is 1. The standard InChI is InChI=1S/C13H22N2OS2/c1-9-6-13(7-9,11(14)17)12(16)15-8-10-4-2-3-5-18-10/h9-10H,2-8H2,1H3,(H2,14,17)(H,15,16). The van der Waals surface area contributed by atoms with Crippen molar-refractivity contribution in [3.8, 4) is 0 Å². The average molecular weight is 286 g/mol. The van der Waals surface area contributed by atoms with Crippen LogP contribution in [0.5, 0.6) is 0 Å². The van der Waals surface area contributed by atoms with Gasteiger partial charge in [0.05, 0.1) is 10.4 Å². The van der Waals surface area contributed by atoms with Gasteiger partial charge in [-0.05, 0) is 37.4 Å². The van der Waals surface area contributed by atoms with Crippen LogP contribution in [0.1, 0.15) is 39.0 Å². The van der Waals surface area contributed by atoms with E-state index in [1.165, 1.54) is 25.0 Å². The molecule has 0 radical (unpaired) electrons. The van der Waals surface area contributed by atoms with E-state index >= 15 is 0 Å². The lowest BCUT2D eigenvalue weighted by Gasteiger charge is -2.44. The summed E-state index contributed by atoms with van der Waals surface area (Å²) in [5.74, 6) is 1.83. The molecule has 0 aromatic heterocycles. The first kappa shape index (κ1) is 14.1. The molecular weight excluding hydrogens is 264 g/mol. The Morgan fingerprint density at radius 3 is 2.72 bits per heavy atom. The van der Waals surface area contributed by atoms with Gasteiger partial charge in [0, 0.05) is 11.8 Å². The van der Waals surface area contributed by atoms with Crippen LogP contribution in [0.25, 0.3) is 0 Å².